The minimum absolute atomic E-state index is 0.187. The number of nitrogens with one attached hydrogen (secondary N) is 1. The zero-order valence-electron chi connectivity index (χ0n) is 12.9. The molecule has 3 nitrogen and oxygen atoms in total. The van der Waals surface area contributed by atoms with Gasteiger partial charge in [0.2, 0.25) is 0 Å². The van der Waals surface area contributed by atoms with Gasteiger partial charge in [0.05, 0.1) is 6.61 Å². The third-order valence-corrected chi connectivity index (χ3v) is 3.87. The third-order valence-electron chi connectivity index (χ3n) is 3.87. The fourth-order valence-electron chi connectivity index (χ4n) is 3.49. The van der Waals surface area contributed by atoms with Crippen molar-refractivity contribution < 1.29 is 5.11 Å². The zero-order valence-corrected chi connectivity index (χ0v) is 12.9. The van der Waals surface area contributed by atoms with Crippen molar-refractivity contribution >= 4 is 0 Å². The Bertz CT molecular complexity index is 235. The van der Waals surface area contributed by atoms with Gasteiger partial charge in [0.15, 0.2) is 0 Å². The SMILES string of the molecule is CCCCN(CCO)C1CC(C)(C)NC(C)(C)C1. The molecule has 0 radical (unpaired) electrons. The average molecular weight is 256 g/mol. The van der Waals surface area contributed by atoms with E-state index in [9.17, 15) is 5.11 Å². The van der Waals surface area contributed by atoms with Crippen LogP contribution >= 0.6 is 0 Å². The zero-order chi connectivity index (χ0) is 13.8. The van der Waals surface area contributed by atoms with Crippen molar-refractivity contribution in [2.75, 3.05) is 19.7 Å². The molecule has 0 aromatic heterocycles. The van der Waals surface area contributed by atoms with Crippen molar-refractivity contribution in [2.24, 2.45) is 0 Å². The third kappa shape index (κ3) is 4.87. The molecule has 1 aliphatic rings. The van der Waals surface area contributed by atoms with Crippen LogP contribution in [-0.4, -0.2) is 46.8 Å². The Morgan fingerprint density at radius 3 is 2.11 bits per heavy atom. The number of piperidine rings is 1. The van der Waals surface area contributed by atoms with Crippen LogP contribution in [0.2, 0.25) is 0 Å². The van der Waals surface area contributed by atoms with Gasteiger partial charge < -0.3 is 10.4 Å². The molecule has 1 rings (SSSR count). The molecule has 0 bridgehead atoms. The van der Waals surface area contributed by atoms with Crippen LogP contribution in [0.25, 0.3) is 0 Å². The number of aliphatic hydroxyl groups excluding tert-OH is 1. The van der Waals surface area contributed by atoms with Crippen LogP contribution in [-0.2, 0) is 0 Å². The van der Waals surface area contributed by atoms with Crippen molar-refractivity contribution in [3.63, 3.8) is 0 Å². The minimum atomic E-state index is 0.187. The summed E-state index contributed by atoms with van der Waals surface area (Å²) in [7, 11) is 0. The molecule has 0 unspecified atom stereocenters. The highest BCUT2D eigenvalue weighted by Gasteiger charge is 2.39. The molecule has 0 aromatic carbocycles. The molecule has 18 heavy (non-hydrogen) atoms. The largest absolute Gasteiger partial charge is 0.395 e. The summed E-state index contributed by atoms with van der Waals surface area (Å²) in [6.07, 6.45) is 4.78. The van der Waals surface area contributed by atoms with Gasteiger partial charge in [0.1, 0.15) is 0 Å². The van der Waals surface area contributed by atoms with Gasteiger partial charge in [0, 0.05) is 23.7 Å². The van der Waals surface area contributed by atoms with Crippen LogP contribution in [0, 0.1) is 0 Å². The van der Waals surface area contributed by atoms with E-state index in [-0.39, 0.29) is 17.7 Å². The molecule has 0 saturated carbocycles. The van der Waals surface area contributed by atoms with Crippen LogP contribution in [0.4, 0.5) is 0 Å². The second kappa shape index (κ2) is 6.36. The van der Waals surface area contributed by atoms with Gasteiger partial charge in [-0.25, -0.2) is 0 Å². The van der Waals surface area contributed by atoms with E-state index in [1.807, 2.05) is 0 Å². The highest BCUT2D eigenvalue weighted by atomic mass is 16.3. The predicted molar refractivity (Wildman–Crippen MR) is 77.9 cm³/mol. The van der Waals surface area contributed by atoms with E-state index < -0.39 is 0 Å². The maximum Gasteiger partial charge on any atom is 0.0558 e. The highest BCUT2D eigenvalue weighted by molar-refractivity contribution is 5.00. The number of hydrogen-bond donors (Lipinski definition) is 2. The van der Waals surface area contributed by atoms with Crippen LogP contribution in [0.1, 0.15) is 60.3 Å². The Kier molecular flexibility index (Phi) is 5.63. The van der Waals surface area contributed by atoms with Crippen LogP contribution in [0.5, 0.6) is 0 Å². The monoisotopic (exact) mass is 256 g/mol. The molecule has 0 aromatic rings. The smallest absolute Gasteiger partial charge is 0.0558 e. The molecule has 1 heterocycles. The number of aliphatic hydroxyl groups is 1. The first kappa shape index (κ1) is 15.9. The second-order valence-electron chi connectivity index (χ2n) is 7.07. The summed E-state index contributed by atoms with van der Waals surface area (Å²) in [4.78, 5) is 2.49. The molecule has 0 spiro atoms. The maximum absolute atomic E-state index is 9.27. The van der Waals surface area contributed by atoms with Crippen molar-refractivity contribution in [3.8, 4) is 0 Å². The Labute approximate surface area is 113 Å². The molecule has 0 aliphatic carbocycles. The first-order chi connectivity index (χ1) is 8.29. The Hall–Kier alpha value is -0.120. The molecule has 0 atom stereocenters. The number of rotatable bonds is 6. The van der Waals surface area contributed by atoms with Crippen molar-refractivity contribution in [1.82, 2.24) is 10.2 Å². The summed E-state index contributed by atoms with van der Waals surface area (Å²) in [5, 5.41) is 13.0. The fraction of sp³-hybridized carbons (Fsp3) is 1.00. The van der Waals surface area contributed by atoms with Crippen molar-refractivity contribution in [3.05, 3.63) is 0 Å². The molecule has 3 heteroatoms. The lowest BCUT2D eigenvalue weighted by Crippen LogP contribution is -2.62. The van der Waals surface area contributed by atoms with Gasteiger partial charge in [-0.3, -0.25) is 4.90 Å². The minimum Gasteiger partial charge on any atom is -0.395 e. The quantitative estimate of drug-likeness (QED) is 0.766. The summed E-state index contributed by atoms with van der Waals surface area (Å²) in [6, 6.07) is 0.593. The number of hydrogen-bond acceptors (Lipinski definition) is 3. The summed E-state index contributed by atoms with van der Waals surface area (Å²) >= 11 is 0. The summed E-state index contributed by atoms with van der Waals surface area (Å²) in [5.74, 6) is 0. The van der Waals surface area contributed by atoms with E-state index in [0.29, 0.717) is 6.04 Å². The van der Waals surface area contributed by atoms with Crippen LogP contribution in [0.3, 0.4) is 0 Å². The first-order valence-corrected chi connectivity index (χ1v) is 7.44. The molecule has 1 aliphatic heterocycles. The van der Waals surface area contributed by atoms with Gasteiger partial charge in [-0.15, -0.1) is 0 Å². The lowest BCUT2D eigenvalue weighted by molar-refractivity contribution is 0.0542. The Morgan fingerprint density at radius 1 is 1.11 bits per heavy atom. The molecule has 1 saturated heterocycles. The summed E-state index contributed by atoms with van der Waals surface area (Å²) in [5.41, 5.74) is 0.374. The normalized spacial score (nSPS) is 23.5. The second-order valence-corrected chi connectivity index (χ2v) is 7.07. The number of unbranched alkanes of at least 4 members (excludes halogenated alkanes) is 1. The fourth-order valence-corrected chi connectivity index (χ4v) is 3.49. The Morgan fingerprint density at radius 2 is 1.67 bits per heavy atom. The first-order valence-electron chi connectivity index (χ1n) is 7.44. The van der Waals surface area contributed by atoms with Crippen LogP contribution in [0.15, 0.2) is 0 Å². The topological polar surface area (TPSA) is 35.5 Å². The van der Waals surface area contributed by atoms with Gasteiger partial charge in [-0.1, -0.05) is 13.3 Å². The lowest BCUT2D eigenvalue weighted by Gasteiger charge is -2.49. The van der Waals surface area contributed by atoms with Gasteiger partial charge in [0.25, 0.3) is 0 Å². The van der Waals surface area contributed by atoms with E-state index >= 15 is 0 Å². The van der Waals surface area contributed by atoms with Crippen molar-refractivity contribution in [2.45, 2.75) is 77.4 Å². The molecular formula is C15H32N2O. The van der Waals surface area contributed by atoms with Gasteiger partial charge >= 0.3 is 0 Å². The molecule has 1 fully saturated rings. The van der Waals surface area contributed by atoms with E-state index in [1.54, 1.807) is 0 Å². The summed E-state index contributed by atoms with van der Waals surface area (Å²) < 4.78 is 0. The van der Waals surface area contributed by atoms with Crippen LogP contribution < -0.4 is 5.32 Å². The maximum atomic E-state index is 9.27. The standard InChI is InChI=1S/C15H32N2O/c1-6-7-8-17(9-10-18)13-11-14(2,3)16-15(4,5)12-13/h13,16,18H,6-12H2,1-5H3. The van der Waals surface area contributed by atoms with E-state index in [0.717, 1.165) is 13.1 Å². The molecule has 0 amide bonds. The molecule has 108 valence electrons. The molecular weight excluding hydrogens is 224 g/mol. The average Bonchev–Trinajstić information content (AvgIpc) is 2.19. The van der Waals surface area contributed by atoms with Crippen molar-refractivity contribution in [1.29, 1.82) is 0 Å². The van der Waals surface area contributed by atoms with E-state index in [2.05, 4.69) is 44.8 Å². The summed E-state index contributed by atoms with van der Waals surface area (Å²) in [6.45, 7) is 13.6. The lowest BCUT2D eigenvalue weighted by atomic mass is 9.79. The van der Waals surface area contributed by atoms with Gasteiger partial charge in [-0.2, -0.15) is 0 Å². The highest BCUT2D eigenvalue weighted by Crippen LogP contribution is 2.31. The Balaban J connectivity index is 2.70. The predicted octanol–water partition coefficient (Wildman–Crippen LogP) is 2.39. The van der Waals surface area contributed by atoms with E-state index in [4.69, 9.17) is 0 Å². The van der Waals surface area contributed by atoms with E-state index in [1.165, 1.54) is 25.7 Å². The molecule has 2 N–H and O–H groups in total. The number of nitrogens with zero attached hydrogens (tertiary/aromatic N) is 1. The van der Waals surface area contributed by atoms with Gasteiger partial charge in [-0.05, 0) is 53.5 Å².